The van der Waals surface area contributed by atoms with Gasteiger partial charge >= 0.3 is 5.97 Å². The first-order chi connectivity index (χ1) is 7.99. The molecule has 0 aliphatic carbocycles. The molecule has 90 valence electrons. The molecule has 0 saturated heterocycles. The highest BCUT2D eigenvalue weighted by molar-refractivity contribution is 7.99. The molecule has 1 aromatic carbocycles. The van der Waals surface area contributed by atoms with Gasteiger partial charge < -0.3 is 10.1 Å². The van der Waals surface area contributed by atoms with E-state index < -0.39 is 11.4 Å². The van der Waals surface area contributed by atoms with Gasteiger partial charge in [-0.2, -0.15) is 0 Å². The molecule has 0 bridgehead atoms. The van der Waals surface area contributed by atoms with E-state index in [1.54, 1.807) is 31.9 Å². The second kappa shape index (κ2) is 4.41. The van der Waals surface area contributed by atoms with E-state index >= 15 is 0 Å². The van der Waals surface area contributed by atoms with Crippen LogP contribution in [0.1, 0.15) is 13.8 Å². The van der Waals surface area contributed by atoms with Crippen LogP contribution in [0.5, 0.6) is 0 Å². The lowest BCUT2D eigenvalue weighted by atomic mass is 9.97. The third-order valence-electron chi connectivity index (χ3n) is 2.57. The predicted octanol–water partition coefficient (Wildman–Crippen LogP) is 2.77. The van der Waals surface area contributed by atoms with Crippen LogP contribution in [0.25, 0.3) is 11.0 Å². The average molecular weight is 250 g/mol. The van der Waals surface area contributed by atoms with Crippen molar-refractivity contribution in [1.29, 1.82) is 0 Å². The first kappa shape index (κ1) is 12.0. The number of carboxylic acid groups (broad SMARTS) is 1. The minimum Gasteiger partial charge on any atom is -0.481 e. The number of benzene rings is 1. The summed E-state index contributed by atoms with van der Waals surface area (Å²) in [5, 5.41) is 9.03. The number of aromatic amines is 1. The fourth-order valence-electron chi connectivity index (χ4n) is 1.33. The number of thioether (sulfide) groups is 1. The van der Waals surface area contributed by atoms with Crippen LogP contribution in [0.2, 0.25) is 0 Å². The number of carbonyl (C=O) groups is 1. The molecule has 0 unspecified atom stereocenters. The van der Waals surface area contributed by atoms with Gasteiger partial charge in [-0.15, -0.1) is 11.8 Å². The number of rotatable bonds is 4. The first-order valence-corrected chi connectivity index (χ1v) is 6.27. The van der Waals surface area contributed by atoms with Crippen molar-refractivity contribution in [1.82, 2.24) is 9.97 Å². The van der Waals surface area contributed by atoms with Crippen LogP contribution in [0, 0.1) is 5.41 Å². The van der Waals surface area contributed by atoms with Gasteiger partial charge in [0.1, 0.15) is 0 Å². The molecule has 5 heteroatoms. The average Bonchev–Trinajstić information content (AvgIpc) is 2.73. The second-order valence-corrected chi connectivity index (χ2v) is 5.61. The zero-order chi connectivity index (χ0) is 12.5. The number of aliphatic carboxylic acids is 1. The summed E-state index contributed by atoms with van der Waals surface area (Å²) in [6.45, 7) is 3.47. The smallest absolute Gasteiger partial charge is 0.309 e. The monoisotopic (exact) mass is 250 g/mol. The van der Waals surface area contributed by atoms with Crippen LogP contribution in [0.15, 0.2) is 29.4 Å². The summed E-state index contributed by atoms with van der Waals surface area (Å²) in [6.07, 6.45) is 1.65. The summed E-state index contributed by atoms with van der Waals surface area (Å²) >= 11 is 1.55. The molecule has 1 aromatic heterocycles. The highest BCUT2D eigenvalue weighted by atomic mass is 32.2. The van der Waals surface area contributed by atoms with Gasteiger partial charge in [0.15, 0.2) is 0 Å². The van der Waals surface area contributed by atoms with Gasteiger partial charge in [-0.25, -0.2) is 4.98 Å². The lowest BCUT2D eigenvalue weighted by Crippen LogP contribution is -2.26. The molecule has 0 radical (unpaired) electrons. The highest BCUT2D eigenvalue weighted by Crippen LogP contribution is 2.29. The Bertz CT molecular complexity index is 548. The molecule has 2 rings (SSSR count). The van der Waals surface area contributed by atoms with E-state index in [1.807, 2.05) is 18.2 Å². The topological polar surface area (TPSA) is 66.0 Å². The summed E-state index contributed by atoms with van der Waals surface area (Å²) in [5.74, 6) is -0.227. The minimum atomic E-state index is -0.771. The van der Waals surface area contributed by atoms with Crippen LogP contribution in [-0.4, -0.2) is 26.8 Å². The number of nitrogens with zero attached hydrogens (tertiary/aromatic N) is 1. The molecule has 0 aliphatic rings. The van der Waals surface area contributed by atoms with Crippen molar-refractivity contribution < 1.29 is 9.90 Å². The summed E-state index contributed by atoms with van der Waals surface area (Å²) in [5.41, 5.74) is 1.18. The number of nitrogens with one attached hydrogen (secondary N) is 1. The number of fused-ring (bicyclic) bond motifs is 1. The van der Waals surface area contributed by atoms with Crippen LogP contribution in [0.3, 0.4) is 0 Å². The molecule has 17 heavy (non-hydrogen) atoms. The molecule has 0 aliphatic heterocycles. The molecular formula is C12H14N2O2S. The van der Waals surface area contributed by atoms with Crippen molar-refractivity contribution in [2.24, 2.45) is 5.41 Å². The number of hydrogen-bond acceptors (Lipinski definition) is 3. The Morgan fingerprint density at radius 3 is 3.00 bits per heavy atom. The van der Waals surface area contributed by atoms with Gasteiger partial charge in [-0.05, 0) is 32.0 Å². The molecule has 0 atom stereocenters. The van der Waals surface area contributed by atoms with E-state index in [9.17, 15) is 4.79 Å². The van der Waals surface area contributed by atoms with E-state index in [-0.39, 0.29) is 0 Å². The standard InChI is InChI=1S/C12H14N2O2S/c1-12(2,11(15)16)6-17-8-3-4-9-10(5-8)14-7-13-9/h3-5,7H,6H2,1-2H3,(H,13,14)(H,15,16). The molecule has 1 heterocycles. The number of hydrogen-bond donors (Lipinski definition) is 2. The van der Waals surface area contributed by atoms with Crippen molar-refractivity contribution in [2.75, 3.05) is 5.75 Å². The Hall–Kier alpha value is -1.49. The Balaban J connectivity index is 2.11. The van der Waals surface area contributed by atoms with Crippen LogP contribution in [0.4, 0.5) is 0 Å². The fraction of sp³-hybridized carbons (Fsp3) is 0.333. The maximum Gasteiger partial charge on any atom is 0.309 e. The molecule has 2 N–H and O–H groups in total. The zero-order valence-electron chi connectivity index (χ0n) is 9.73. The van der Waals surface area contributed by atoms with Gasteiger partial charge in [-0.1, -0.05) is 0 Å². The van der Waals surface area contributed by atoms with E-state index in [4.69, 9.17) is 5.11 Å². The lowest BCUT2D eigenvalue weighted by Gasteiger charge is -2.18. The van der Waals surface area contributed by atoms with Gasteiger partial charge in [0.05, 0.1) is 22.8 Å². The van der Waals surface area contributed by atoms with Crippen LogP contribution >= 0.6 is 11.8 Å². The van der Waals surface area contributed by atoms with Crippen molar-refractivity contribution in [2.45, 2.75) is 18.7 Å². The Labute approximate surface area is 103 Å². The maximum atomic E-state index is 11.0. The summed E-state index contributed by atoms with van der Waals surface area (Å²) in [7, 11) is 0. The SMILES string of the molecule is CC(C)(CSc1ccc2nc[nH]c2c1)C(=O)O. The highest BCUT2D eigenvalue weighted by Gasteiger charge is 2.27. The van der Waals surface area contributed by atoms with Crippen molar-refractivity contribution in [3.63, 3.8) is 0 Å². The molecular weight excluding hydrogens is 236 g/mol. The molecule has 0 fully saturated rings. The van der Waals surface area contributed by atoms with E-state index in [0.29, 0.717) is 5.75 Å². The van der Waals surface area contributed by atoms with Crippen molar-refractivity contribution in [3.05, 3.63) is 24.5 Å². The molecule has 2 aromatic rings. The number of carboxylic acids is 1. The van der Waals surface area contributed by atoms with Gasteiger partial charge in [0.2, 0.25) is 0 Å². The normalized spacial score (nSPS) is 11.9. The Kier molecular flexibility index (Phi) is 3.11. The van der Waals surface area contributed by atoms with E-state index in [0.717, 1.165) is 15.9 Å². The summed E-state index contributed by atoms with van der Waals surface area (Å²) < 4.78 is 0. The molecule has 0 amide bonds. The third-order valence-corrected chi connectivity index (χ3v) is 4.02. The number of aromatic nitrogens is 2. The molecule has 0 spiro atoms. The van der Waals surface area contributed by atoms with Crippen LogP contribution < -0.4 is 0 Å². The zero-order valence-corrected chi connectivity index (χ0v) is 10.5. The van der Waals surface area contributed by atoms with Gasteiger partial charge in [-0.3, -0.25) is 4.79 Å². The second-order valence-electron chi connectivity index (χ2n) is 4.56. The Morgan fingerprint density at radius 2 is 2.29 bits per heavy atom. The largest absolute Gasteiger partial charge is 0.481 e. The first-order valence-electron chi connectivity index (χ1n) is 5.28. The summed E-state index contributed by atoms with van der Waals surface area (Å²) in [6, 6.07) is 5.89. The lowest BCUT2D eigenvalue weighted by molar-refractivity contribution is -0.145. The molecule has 0 saturated carbocycles. The van der Waals surface area contributed by atoms with Gasteiger partial charge in [0, 0.05) is 10.6 Å². The number of H-pyrrole nitrogens is 1. The van der Waals surface area contributed by atoms with Crippen LogP contribution in [-0.2, 0) is 4.79 Å². The van der Waals surface area contributed by atoms with Gasteiger partial charge in [0.25, 0.3) is 0 Å². The fourth-order valence-corrected chi connectivity index (χ4v) is 2.35. The predicted molar refractivity (Wildman–Crippen MR) is 68.2 cm³/mol. The quantitative estimate of drug-likeness (QED) is 0.819. The molecule has 4 nitrogen and oxygen atoms in total. The Morgan fingerprint density at radius 1 is 1.53 bits per heavy atom. The van der Waals surface area contributed by atoms with Crippen molar-refractivity contribution in [3.8, 4) is 0 Å². The van der Waals surface area contributed by atoms with E-state index in [1.165, 1.54) is 0 Å². The van der Waals surface area contributed by atoms with E-state index in [2.05, 4.69) is 9.97 Å². The maximum absolute atomic E-state index is 11.0. The number of imidazole rings is 1. The third kappa shape index (κ3) is 2.61. The van der Waals surface area contributed by atoms with Crippen molar-refractivity contribution >= 4 is 28.8 Å². The minimum absolute atomic E-state index is 0.544. The summed E-state index contributed by atoms with van der Waals surface area (Å²) in [4.78, 5) is 19.2.